The molecule has 2 aromatic rings. The molecule has 98 valence electrons. The quantitative estimate of drug-likeness (QED) is 0.680. The summed E-state index contributed by atoms with van der Waals surface area (Å²) in [6, 6.07) is 7.54. The molecule has 4 nitrogen and oxygen atoms in total. The second-order valence-corrected chi connectivity index (χ2v) is 6.54. The number of fused-ring (bicyclic) bond motifs is 2. The summed E-state index contributed by atoms with van der Waals surface area (Å²) in [5.74, 6) is 1.08. The van der Waals surface area contributed by atoms with Gasteiger partial charge in [0, 0.05) is 25.4 Å². The number of benzene rings is 1. The fourth-order valence-electron chi connectivity index (χ4n) is 2.19. The molecule has 0 amide bonds. The monoisotopic (exact) mass is 432 g/mol. The Bertz CT molecular complexity index is 612. The largest absolute Gasteiger partial charge is 0.438 e. The third kappa shape index (κ3) is 2.06. The molecule has 0 bridgehead atoms. The molecule has 1 aliphatic heterocycles. The van der Waals surface area contributed by atoms with Crippen molar-refractivity contribution in [3.05, 3.63) is 49.6 Å². The van der Waals surface area contributed by atoms with Crippen LogP contribution in [0.25, 0.3) is 0 Å². The summed E-state index contributed by atoms with van der Waals surface area (Å²) in [5.41, 5.74) is 6.88. The minimum atomic E-state index is -0.999. The van der Waals surface area contributed by atoms with E-state index in [0.29, 0.717) is 17.2 Å². The molecule has 0 fully saturated rings. The molecule has 1 atom stereocenters. The molecular weight excluding hydrogens is 423 g/mol. The van der Waals surface area contributed by atoms with Crippen molar-refractivity contribution in [1.29, 1.82) is 0 Å². The zero-order chi connectivity index (χ0) is 13.6. The molecular formula is C13H10BrIN2O2. The van der Waals surface area contributed by atoms with Gasteiger partial charge in [-0.25, -0.2) is 4.98 Å². The number of pyridine rings is 1. The number of aliphatic hydroxyl groups excluding tert-OH is 1. The van der Waals surface area contributed by atoms with Gasteiger partial charge in [0.25, 0.3) is 0 Å². The maximum absolute atomic E-state index is 9.80. The van der Waals surface area contributed by atoms with Crippen LogP contribution in [-0.4, -0.2) is 16.7 Å². The van der Waals surface area contributed by atoms with Crippen molar-refractivity contribution >= 4 is 38.5 Å². The summed E-state index contributed by atoms with van der Waals surface area (Å²) in [6.45, 7) is -0.214. The normalized spacial score (nSPS) is 20.4. The van der Waals surface area contributed by atoms with Crippen LogP contribution in [0.3, 0.4) is 0 Å². The Morgan fingerprint density at radius 3 is 2.89 bits per heavy atom. The Morgan fingerprint density at radius 1 is 1.37 bits per heavy atom. The standard InChI is InChI=1S/C13H10BrIN2O2/c14-7-3-10-12(17-5-7)19-11-2-1-8(15)4-9(11)13(10,16)6-18/h1-5,18H,6,16H2/t13-/m1/s1. The summed E-state index contributed by atoms with van der Waals surface area (Å²) in [7, 11) is 0. The summed E-state index contributed by atoms with van der Waals surface area (Å²) >= 11 is 5.58. The number of rotatable bonds is 1. The maximum Gasteiger partial charge on any atom is 0.224 e. The Balaban J connectivity index is 2.29. The first-order chi connectivity index (χ1) is 9.04. The van der Waals surface area contributed by atoms with Crippen LogP contribution in [0.1, 0.15) is 11.1 Å². The van der Waals surface area contributed by atoms with E-state index < -0.39 is 5.54 Å². The van der Waals surface area contributed by atoms with Gasteiger partial charge in [-0.2, -0.15) is 0 Å². The number of halogens is 2. The van der Waals surface area contributed by atoms with Crippen molar-refractivity contribution in [3.63, 3.8) is 0 Å². The smallest absolute Gasteiger partial charge is 0.224 e. The molecule has 3 N–H and O–H groups in total. The van der Waals surface area contributed by atoms with Gasteiger partial charge in [-0.3, -0.25) is 0 Å². The molecule has 1 aromatic carbocycles. The van der Waals surface area contributed by atoms with Crippen molar-refractivity contribution in [2.75, 3.05) is 6.61 Å². The zero-order valence-corrected chi connectivity index (χ0v) is 13.5. The molecule has 2 heterocycles. The third-order valence-electron chi connectivity index (χ3n) is 3.18. The number of hydrogen-bond donors (Lipinski definition) is 2. The zero-order valence-electron chi connectivity index (χ0n) is 9.73. The molecule has 1 aliphatic rings. The lowest BCUT2D eigenvalue weighted by Gasteiger charge is -2.35. The van der Waals surface area contributed by atoms with Gasteiger partial charge in [-0.1, -0.05) is 0 Å². The lowest BCUT2D eigenvalue weighted by Crippen LogP contribution is -2.44. The molecule has 0 aliphatic carbocycles. The van der Waals surface area contributed by atoms with Crippen molar-refractivity contribution in [2.45, 2.75) is 5.54 Å². The van der Waals surface area contributed by atoms with Gasteiger partial charge < -0.3 is 15.6 Å². The van der Waals surface area contributed by atoms with E-state index in [-0.39, 0.29) is 6.61 Å². The molecule has 19 heavy (non-hydrogen) atoms. The number of nitrogens with two attached hydrogens (primary N) is 1. The number of aliphatic hydroxyl groups is 1. The van der Waals surface area contributed by atoms with E-state index in [1.807, 2.05) is 24.3 Å². The molecule has 6 heteroatoms. The average Bonchev–Trinajstić information content (AvgIpc) is 2.41. The highest BCUT2D eigenvalue weighted by Gasteiger charge is 2.39. The first kappa shape index (κ1) is 13.3. The van der Waals surface area contributed by atoms with E-state index in [9.17, 15) is 5.11 Å². The number of nitrogens with zero attached hydrogens (tertiary/aromatic N) is 1. The van der Waals surface area contributed by atoms with Crippen LogP contribution in [0.2, 0.25) is 0 Å². The topological polar surface area (TPSA) is 68.4 Å². The van der Waals surface area contributed by atoms with Crippen molar-refractivity contribution in [1.82, 2.24) is 4.98 Å². The Morgan fingerprint density at radius 2 is 2.16 bits per heavy atom. The second kappa shape index (κ2) is 4.69. The van der Waals surface area contributed by atoms with Crippen molar-refractivity contribution < 1.29 is 9.84 Å². The van der Waals surface area contributed by atoms with Crippen molar-refractivity contribution in [3.8, 4) is 11.6 Å². The van der Waals surface area contributed by atoms with Crippen LogP contribution < -0.4 is 10.5 Å². The van der Waals surface area contributed by atoms with E-state index in [4.69, 9.17) is 10.5 Å². The van der Waals surface area contributed by atoms with Crippen molar-refractivity contribution in [2.24, 2.45) is 5.73 Å². The van der Waals surface area contributed by atoms with Crippen LogP contribution in [-0.2, 0) is 5.54 Å². The minimum Gasteiger partial charge on any atom is -0.438 e. The molecule has 0 radical (unpaired) electrons. The summed E-state index contributed by atoms with van der Waals surface area (Å²) in [6.07, 6.45) is 1.65. The summed E-state index contributed by atoms with van der Waals surface area (Å²) in [5, 5.41) is 9.80. The number of ether oxygens (including phenoxy) is 1. The fourth-order valence-corrected chi connectivity index (χ4v) is 3.01. The average molecular weight is 433 g/mol. The fraction of sp³-hybridized carbons (Fsp3) is 0.154. The highest BCUT2D eigenvalue weighted by Crippen LogP contribution is 2.45. The van der Waals surface area contributed by atoms with Gasteiger partial charge in [0.1, 0.15) is 5.75 Å². The van der Waals surface area contributed by atoms with Gasteiger partial charge in [0.05, 0.1) is 12.1 Å². The predicted octanol–water partition coefficient (Wildman–Crippen LogP) is 2.75. The lowest BCUT2D eigenvalue weighted by molar-refractivity contribution is 0.210. The minimum absolute atomic E-state index is 0.214. The first-order valence-electron chi connectivity index (χ1n) is 5.58. The first-order valence-corrected chi connectivity index (χ1v) is 7.45. The van der Waals surface area contributed by atoms with E-state index in [0.717, 1.165) is 13.6 Å². The van der Waals surface area contributed by atoms with Crippen LogP contribution in [0.15, 0.2) is 34.9 Å². The van der Waals surface area contributed by atoms with Crippen LogP contribution in [0, 0.1) is 3.57 Å². The SMILES string of the molecule is N[C@]1(CO)c2cc(I)ccc2Oc2ncc(Br)cc21. The van der Waals surface area contributed by atoms with E-state index in [1.165, 1.54) is 0 Å². The van der Waals surface area contributed by atoms with E-state index in [2.05, 4.69) is 43.5 Å². The van der Waals surface area contributed by atoms with E-state index in [1.54, 1.807) is 6.20 Å². The van der Waals surface area contributed by atoms with Gasteiger partial charge >= 0.3 is 0 Å². The number of hydrogen-bond acceptors (Lipinski definition) is 4. The Labute approximate surface area is 132 Å². The molecule has 1 aromatic heterocycles. The molecule has 0 spiro atoms. The van der Waals surface area contributed by atoms with Crippen LogP contribution in [0.5, 0.6) is 11.6 Å². The van der Waals surface area contributed by atoms with Gasteiger partial charge in [0.15, 0.2) is 0 Å². The molecule has 0 unspecified atom stereocenters. The van der Waals surface area contributed by atoms with E-state index >= 15 is 0 Å². The maximum atomic E-state index is 9.80. The number of aromatic nitrogens is 1. The molecule has 0 saturated heterocycles. The van der Waals surface area contributed by atoms with Crippen LogP contribution in [0.4, 0.5) is 0 Å². The Hall–Kier alpha value is -0.700. The van der Waals surface area contributed by atoms with Crippen LogP contribution >= 0.6 is 38.5 Å². The van der Waals surface area contributed by atoms with Gasteiger partial charge in [-0.05, 0) is 62.8 Å². The predicted molar refractivity (Wildman–Crippen MR) is 83.2 cm³/mol. The third-order valence-corrected chi connectivity index (χ3v) is 4.28. The highest BCUT2D eigenvalue weighted by atomic mass is 127. The summed E-state index contributed by atoms with van der Waals surface area (Å²) < 4.78 is 7.59. The van der Waals surface area contributed by atoms with Gasteiger partial charge in [-0.15, -0.1) is 0 Å². The molecule has 0 saturated carbocycles. The second-order valence-electron chi connectivity index (χ2n) is 4.38. The van der Waals surface area contributed by atoms with Gasteiger partial charge in [0.2, 0.25) is 5.88 Å². The molecule has 3 rings (SSSR count). The Kier molecular flexibility index (Phi) is 3.28. The highest BCUT2D eigenvalue weighted by molar-refractivity contribution is 14.1. The summed E-state index contributed by atoms with van der Waals surface area (Å²) in [4.78, 5) is 4.22. The lowest BCUT2D eigenvalue weighted by atomic mass is 9.83.